The summed E-state index contributed by atoms with van der Waals surface area (Å²) in [6, 6.07) is 17.1. The molecule has 0 saturated carbocycles. The smallest absolute Gasteiger partial charge is 0.251 e. The van der Waals surface area contributed by atoms with E-state index in [1.807, 2.05) is 37.3 Å². The summed E-state index contributed by atoms with van der Waals surface area (Å²) in [6.07, 6.45) is 0.814. The summed E-state index contributed by atoms with van der Waals surface area (Å²) in [5.41, 5.74) is 1.92. The highest BCUT2D eigenvalue weighted by Gasteiger charge is 2.35. The van der Waals surface area contributed by atoms with Gasteiger partial charge < -0.3 is 14.5 Å². The van der Waals surface area contributed by atoms with Crippen molar-refractivity contribution in [3.05, 3.63) is 72.2 Å². The summed E-state index contributed by atoms with van der Waals surface area (Å²) >= 11 is 0. The van der Waals surface area contributed by atoms with Gasteiger partial charge in [-0.15, -0.1) is 5.10 Å². The lowest BCUT2D eigenvalue weighted by Gasteiger charge is -2.30. The Morgan fingerprint density at radius 1 is 1.11 bits per heavy atom. The number of furan rings is 1. The first-order valence-corrected chi connectivity index (χ1v) is 12.5. The van der Waals surface area contributed by atoms with Crippen LogP contribution >= 0.6 is 0 Å². The number of carbonyl (C=O) groups is 2. The number of amides is 2. The zero-order chi connectivity index (χ0) is 26.4. The van der Waals surface area contributed by atoms with Crippen LogP contribution in [0.3, 0.4) is 0 Å². The highest BCUT2D eigenvalue weighted by molar-refractivity contribution is 6.01. The Labute approximate surface area is 216 Å². The molecule has 37 heavy (non-hydrogen) atoms. The number of nitrogens with one attached hydrogen (secondary N) is 1. The van der Waals surface area contributed by atoms with Crippen LogP contribution in [0.1, 0.15) is 44.8 Å². The fraction of sp³-hybridized carbons (Fsp3) is 0.357. The fourth-order valence-electron chi connectivity index (χ4n) is 4.12. The van der Waals surface area contributed by atoms with Crippen LogP contribution < -0.4 is 15.0 Å². The van der Waals surface area contributed by atoms with Gasteiger partial charge in [-0.2, -0.15) is 0 Å². The molecule has 9 heteroatoms. The zero-order valence-corrected chi connectivity index (χ0v) is 21.7. The predicted molar refractivity (Wildman–Crippen MR) is 141 cm³/mol. The van der Waals surface area contributed by atoms with E-state index in [2.05, 4.69) is 29.5 Å². The highest BCUT2D eigenvalue weighted by atomic mass is 16.5. The van der Waals surface area contributed by atoms with Crippen molar-refractivity contribution in [2.75, 3.05) is 18.1 Å². The lowest BCUT2D eigenvalue weighted by atomic mass is 10.1. The number of anilines is 1. The fourth-order valence-corrected chi connectivity index (χ4v) is 4.12. The average molecular weight is 504 g/mol. The van der Waals surface area contributed by atoms with Gasteiger partial charge in [0.05, 0.1) is 12.1 Å². The Balaban J connectivity index is 1.76. The predicted octanol–water partition coefficient (Wildman–Crippen LogP) is 4.67. The van der Waals surface area contributed by atoms with Crippen LogP contribution in [0.15, 0.2) is 65.1 Å². The summed E-state index contributed by atoms with van der Waals surface area (Å²) in [7, 11) is 0. The van der Waals surface area contributed by atoms with Gasteiger partial charge in [-0.25, -0.2) is 4.68 Å². The van der Waals surface area contributed by atoms with Crippen molar-refractivity contribution in [1.29, 1.82) is 0 Å². The first-order chi connectivity index (χ1) is 17.9. The van der Waals surface area contributed by atoms with Crippen molar-refractivity contribution in [3.63, 3.8) is 0 Å². The number of para-hydroxylation sites is 1. The Kier molecular flexibility index (Phi) is 8.22. The van der Waals surface area contributed by atoms with E-state index in [0.717, 1.165) is 11.9 Å². The third kappa shape index (κ3) is 6.17. The summed E-state index contributed by atoms with van der Waals surface area (Å²) in [5.74, 6) is 1.37. The quantitative estimate of drug-likeness (QED) is 0.319. The Morgan fingerprint density at radius 2 is 1.92 bits per heavy atom. The molecular weight excluding hydrogens is 470 g/mol. The maximum atomic E-state index is 14.0. The second-order valence-corrected chi connectivity index (χ2v) is 9.25. The van der Waals surface area contributed by atoms with Crippen LogP contribution in [0, 0.1) is 12.8 Å². The molecular formula is C28H33N5O4. The topological polar surface area (TPSA) is 102 Å². The van der Waals surface area contributed by atoms with E-state index in [-0.39, 0.29) is 18.4 Å². The number of aromatic nitrogens is 3. The molecule has 0 saturated heterocycles. The summed E-state index contributed by atoms with van der Waals surface area (Å²) < 4.78 is 13.1. The molecule has 1 N–H and O–H groups in total. The largest absolute Gasteiger partial charge is 0.494 e. The van der Waals surface area contributed by atoms with Gasteiger partial charge in [-0.3, -0.25) is 14.5 Å². The Morgan fingerprint density at radius 3 is 2.65 bits per heavy atom. The summed E-state index contributed by atoms with van der Waals surface area (Å²) in [6.45, 7) is 8.73. The highest BCUT2D eigenvalue weighted by Crippen LogP contribution is 2.32. The van der Waals surface area contributed by atoms with Crippen molar-refractivity contribution in [1.82, 2.24) is 20.3 Å². The zero-order valence-electron chi connectivity index (χ0n) is 21.7. The second-order valence-electron chi connectivity index (χ2n) is 9.25. The molecule has 2 aromatic heterocycles. The molecule has 9 nitrogen and oxygen atoms in total. The molecule has 0 aliphatic rings. The van der Waals surface area contributed by atoms with E-state index in [4.69, 9.17) is 9.15 Å². The van der Waals surface area contributed by atoms with Crippen LogP contribution in [0.2, 0.25) is 0 Å². The average Bonchev–Trinajstić information content (AvgIpc) is 3.48. The van der Waals surface area contributed by atoms with E-state index in [9.17, 15) is 9.59 Å². The van der Waals surface area contributed by atoms with Crippen LogP contribution in [0.25, 0.3) is 11.0 Å². The van der Waals surface area contributed by atoms with Gasteiger partial charge in [0.25, 0.3) is 5.91 Å². The van der Waals surface area contributed by atoms with Gasteiger partial charge in [0.1, 0.15) is 29.3 Å². The van der Waals surface area contributed by atoms with Crippen molar-refractivity contribution < 1.29 is 18.7 Å². The lowest BCUT2D eigenvalue weighted by Crippen LogP contribution is -2.45. The molecule has 1 atom stereocenters. The van der Waals surface area contributed by atoms with E-state index in [1.165, 1.54) is 9.58 Å². The number of hydrogen-bond acceptors (Lipinski definition) is 6. The molecule has 0 aliphatic carbocycles. The molecule has 4 aromatic rings. The molecule has 0 bridgehead atoms. The monoisotopic (exact) mass is 503 g/mol. The first kappa shape index (κ1) is 25.9. The molecule has 0 spiro atoms. The third-order valence-electron chi connectivity index (χ3n) is 5.94. The minimum Gasteiger partial charge on any atom is -0.494 e. The molecule has 4 rings (SSSR count). The Bertz CT molecular complexity index is 1360. The Hall–Kier alpha value is -4.14. The van der Waals surface area contributed by atoms with Crippen LogP contribution in [0.4, 0.5) is 5.69 Å². The van der Waals surface area contributed by atoms with E-state index in [1.54, 1.807) is 37.3 Å². The number of aryl methyl sites for hydroxylation is 1. The van der Waals surface area contributed by atoms with Gasteiger partial charge in [-0.1, -0.05) is 37.3 Å². The number of benzene rings is 2. The van der Waals surface area contributed by atoms with E-state index < -0.39 is 6.04 Å². The third-order valence-corrected chi connectivity index (χ3v) is 5.94. The van der Waals surface area contributed by atoms with Gasteiger partial charge in [0.2, 0.25) is 5.91 Å². The SMILES string of the molecule is CCOc1cccc(N(C(=O)Cn2nnc3ccccc32)[C@@H](C(=O)NCCC(C)C)c2ccc(C)o2)c1. The van der Waals surface area contributed by atoms with Crippen molar-refractivity contribution >= 4 is 28.5 Å². The van der Waals surface area contributed by atoms with Gasteiger partial charge >= 0.3 is 0 Å². The van der Waals surface area contributed by atoms with Crippen LogP contribution in [-0.2, 0) is 16.1 Å². The number of carbonyl (C=O) groups excluding carboxylic acids is 2. The normalized spacial score (nSPS) is 12.0. The standard InChI is InChI=1S/C28H33N5O4/c1-5-36-22-10-8-9-21(17-22)33(26(34)18-32-24-12-7-6-11-23(24)30-31-32)27(25-14-13-20(4)37-25)28(35)29-16-15-19(2)3/h6-14,17,19,27H,5,15-16,18H2,1-4H3,(H,29,35)/t27-/m1/s1. The molecule has 0 aliphatic heterocycles. The van der Waals surface area contributed by atoms with Gasteiger partial charge in [0.15, 0.2) is 6.04 Å². The molecule has 2 aromatic carbocycles. The van der Waals surface area contributed by atoms with Crippen molar-refractivity contribution in [3.8, 4) is 5.75 Å². The van der Waals surface area contributed by atoms with Gasteiger partial charge in [-0.05, 0) is 62.6 Å². The number of ether oxygens (including phenoxy) is 1. The maximum absolute atomic E-state index is 14.0. The minimum atomic E-state index is -1.03. The van der Waals surface area contributed by atoms with E-state index in [0.29, 0.717) is 47.5 Å². The minimum absolute atomic E-state index is 0.116. The lowest BCUT2D eigenvalue weighted by molar-refractivity contribution is -0.127. The molecule has 0 fully saturated rings. The molecule has 0 unspecified atom stereocenters. The number of fused-ring (bicyclic) bond motifs is 1. The number of rotatable bonds is 11. The first-order valence-electron chi connectivity index (χ1n) is 12.5. The summed E-state index contributed by atoms with van der Waals surface area (Å²) in [5, 5.41) is 11.3. The number of hydrogen-bond donors (Lipinski definition) is 1. The van der Waals surface area contributed by atoms with Crippen LogP contribution in [-0.4, -0.2) is 40.0 Å². The van der Waals surface area contributed by atoms with E-state index >= 15 is 0 Å². The molecule has 0 radical (unpaired) electrons. The van der Waals surface area contributed by atoms with Crippen molar-refractivity contribution in [2.24, 2.45) is 5.92 Å². The molecule has 2 amide bonds. The summed E-state index contributed by atoms with van der Waals surface area (Å²) in [4.78, 5) is 29.1. The molecule has 194 valence electrons. The molecule has 2 heterocycles. The van der Waals surface area contributed by atoms with Crippen molar-refractivity contribution in [2.45, 2.75) is 46.7 Å². The van der Waals surface area contributed by atoms with Gasteiger partial charge in [0, 0.05) is 18.3 Å². The number of nitrogens with zero attached hydrogens (tertiary/aromatic N) is 4. The second kappa shape index (κ2) is 11.7. The van der Waals surface area contributed by atoms with Crippen LogP contribution in [0.5, 0.6) is 5.75 Å². The maximum Gasteiger partial charge on any atom is 0.251 e.